The molecule has 0 fully saturated rings. The quantitative estimate of drug-likeness (QED) is 0.491. The van der Waals surface area contributed by atoms with Crippen molar-refractivity contribution in [1.29, 1.82) is 0 Å². The number of rotatable bonds is 1. The van der Waals surface area contributed by atoms with Gasteiger partial charge in [-0.1, -0.05) is 47.5 Å². The van der Waals surface area contributed by atoms with Gasteiger partial charge in [0, 0.05) is 4.47 Å². The van der Waals surface area contributed by atoms with E-state index in [0.717, 1.165) is 10.9 Å². The van der Waals surface area contributed by atoms with Gasteiger partial charge in [0.2, 0.25) is 0 Å². The molecule has 0 heterocycles. The maximum atomic E-state index is 3.60. The maximum Gasteiger partial charge on any atom is 1.00 e. The first-order valence-corrected chi connectivity index (χ1v) is 4.60. The Bertz CT molecular complexity index is 161. The Morgan fingerprint density at radius 3 is 1.83 bits per heavy atom. The average molecular weight is 221 g/mol. The molecule has 0 atom stereocenters. The van der Waals surface area contributed by atoms with Crippen LogP contribution in [0.4, 0.5) is 0 Å². The van der Waals surface area contributed by atoms with Crippen LogP contribution in [0.1, 0.15) is 19.8 Å². The molecule has 0 unspecified atom stereocenters. The summed E-state index contributed by atoms with van der Waals surface area (Å²) in [4.78, 5) is 0. The van der Waals surface area contributed by atoms with Crippen LogP contribution in [0, 0.1) is 6.92 Å². The van der Waals surface area contributed by atoms with Crippen molar-refractivity contribution in [2.45, 2.75) is 19.8 Å². The summed E-state index contributed by atoms with van der Waals surface area (Å²) in [6.07, 6.45) is 2.28. The fourth-order valence-electron chi connectivity index (χ4n) is 0.415. The molecular weight excluding hydrogens is 207 g/mol. The van der Waals surface area contributed by atoms with Crippen LogP contribution in [-0.4, -0.2) is 0 Å². The van der Waals surface area contributed by atoms with E-state index in [4.69, 9.17) is 0 Å². The summed E-state index contributed by atoms with van der Waals surface area (Å²) in [6.45, 7) is 5.72. The molecule has 2 heteroatoms. The molecular formula is C10H14BrLi. The Kier molecular flexibility index (Phi) is 13.9. The second-order valence-electron chi connectivity index (χ2n) is 2.15. The van der Waals surface area contributed by atoms with Crippen molar-refractivity contribution in [2.24, 2.45) is 0 Å². The zero-order valence-electron chi connectivity index (χ0n) is 7.89. The molecule has 0 aromatic heterocycles. The number of hydrogen-bond donors (Lipinski definition) is 0. The number of hydrogen-bond acceptors (Lipinski definition) is 0. The summed E-state index contributed by atoms with van der Waals surface area (Å²) in [5.74, 6) is 0. The molecule has 0 radical (unpaired) electrons. The zero-order chi connectivity index (χ0) is 8.53. The van der Waals surface area contributed by atoms with Crippen molar-refractivity contribution in [1.82, 2.24) is 0 Å². The molecule has 0 spiro atoms. The van der Waals surface area contributed by atoms with E-state index in [1.165, 1.54) is 6.42 Å². The van der Waals surface area contributed by atoms with E-state index in [1.807, 2.05) is 30.3 Å². The van der Waals surface area contributed by atoms with Crippen LogP contribution in [0.5, 0.6) is 0 Å². The second-order valence-corrected chi connectivity index (χ2v) is 3.06. The summed E-state index contributed by atoms with van der Waals surface area (Å²) in [5, 5.41) is 0. The number of halogens is 1. The van der Waals surface area contributed by atoms with Gasteiger partial charge in [-0.05, 0) is 12.1 Å². The summed E-state index contributed by atoms with van der Waals surface area (Å²) in [7, 11) is 0. The Morgan fingerprint density at radius 2 is 1.67 bits per heavy atom. The average Bonchev–Trinajstić information content (AvgIpc) is 2.07. The Labute approximate surface area is 96.1 Å². The van der Waals surface area contributed by atoms with E-state index in [-0.39, 0.29) is 18.9 Å². The van der Waals surface area contributed by atoms with Crippen molar-refractivity contribution in [3.8, 4) is 0 Å². The minimum Gasteiger partial charge on any atom is -0.343 e. The van der Waals surface area contributed by atoms with Crippen molar-refractivity contribution in [3.63, 3.8) is 0 Å². The molecule has 62 valence electrons. The Morgan fingerprint density at radius 1 is 1.25 bits per heavy atom. The normalized spacial score (nSPS) is 7.58. The number of unbranched alkanes of at least 4 members (excludes halogenated alkanes) is 1. The molecule has 12 heavy (non-hydrogen) atoms. The summed E-state index contributed by atoms with van der Waals surface area (Å²) >= 11 is 3.31. The largest absolute Gasteiger partial charge is 1.00 e. The molecule has 0 aliphatic heterocycles. The summed E-state index contributed by atoms with van der Waals surface area (Å²) in [5.41, 5.74) is 0. The standard InChI is InChI=1S/C6H5Br.C4H9.Li/c7-6-4-2-1-3-5-6;1-3-4-2;/h1-5H;1,3-4H2,2H3;/q;-1;+1. The first-order chi connectivity index (χ1) is 5.31. The first-order valence-electron chi connectivity index (χ1n) is 3.81. The SMILES string of the molecule is Brc1ccccc1.[CH2-]CCC.[Li+]. The minimum atomic E-state index is 0. The van der Waals surface area contributed by atoms with Crippen LogP contribution in [0.25, 0.3) is 0 Å². The molecule has 0 bridgehead atoms. The van der Waals surface area contributed by atoms with Crippen LogP contribution in [0.3, 0.4) is 0 Å². The fraction of sp³-hybridized carbons (Fsp3) is 0.300. The van der Waals surface area contributed by atoms with Gasteiger partial charge in [-0.15, -0.1) is 0 Å². The monoisotopic (exact) mass is 220 g/mol. The molecule has 0 saturated heterocycles. The van der Waals surface area contributed by atoms with Crippen molar-refractivity contribution in [2.75, 3.05) is 0 Å². The predicted molar refractivity (Wildman–Crippen MR) is 54.4 cm³/mol. The molecule has 0 N–H and O–H groups in total. The van der Waals surface area contributed by atoms with Gasteiger partial charge >= 0.3 is 18.9 Å². The van der Waals surface area contributed by atoms with Crippen LogP contribution < -0.4 is 18.9 Å². The van der Waals surface area contributed by atoms with Crippen LogP contribution >= 0.6 is 15.9 Å². The third kappa shape index (κ3) is 10.3. The first kappa shape index (κ1) is 14.8. The summed E-state index contributed by atoms with van der Waals surface area (Å²) in [6, 6.07) is 9.97. The van der Waals surface area contributed by atoms with Gasteiger partial charge in [0.05, 0.1) is 0 Å². The Hall–Kier alpha value is 0.297. The zero-order valence-corrected chi connectivity index (χ0v) is 9.47. The van der Waals surface area contributed by atoms with E-state index in [1.54, 1.807) is 0 Å². The van der Waals surface area contributed by atoms with E-state index in [2.05, 4.69) is 29.8 Å². The smallest absolute Gasteiger partial charge is 0.343 e. The minimum absolute atomic E-state index is 0. The molecule has 0 aliphatic rings. The van der Waals surface area contributed by atoms with Gasteiger partial charge in [0.1, 0.15) is 0 Å². The van der Waals surface area contributed by atoms with Crippen molar-refractivity contribution >= 4 is 15.9 Å². The van der Waals surface area contributed by atoms with E-state index >= 15 is 0 Å². The molecule has 1 aromatic carbocycles. The van der Waals surface area contributed by atoms with Crippen LogP contribution in [0.2, 0.25) is 0 Å². The molecule has 0 amide bonds. The summed E-state index contributed by atoms with van der Waals surface area (Å²) < 4.78 is 1.13. The third-order valence-electron chi connectivity index (χ3n) is 1.09. The van der Waals surface area contributed by atoms with Crippen molar-refractivity contribution in [3.05, 3.63) is 41.7 Å². The maximum absolute atomic E-state index is 3.60. The van der Waals surface area contributed by atoms with Gasteiger partial charge in [-0.2, -0.15) is 6.42 Å². The molecule has 0 saturated carbocycles. The Balaban J connectivity index is 0. The second kappa shape index (κ2) is 11.3. The molecule has 1 rings (SSSR count). The van der Waals surface area contributed by atoms with Gasteiger partial charge in [-0.3, -0.25) is 0 Å². The molecule has 1 aromatic rings. The van der Waals surface area contributed by atoms with Crippen molar-refractivity contribution < 1.29 is 18.9 Å². The van der Waals surface area contributed by atoms with E-state index < -0.39 is 0 Å². The predicted octanol–water partition coefficient (Wildman–Crippen LogP) is 1.07. The van der Waals surface area contributed by atoms with Gasteiger partial charge in [-0.25, -0.2) is 0 Å². The molecule has 0 aliphatic carbocycles. The molecule has 0 nitrogen and oxygen atoms in total. The fourth-order valence-corrected chi connectivity index (χ4v) is 0.720. The topological polar surface area (TPSA) is 0 Å². The van der Waals surface area contributed by atoms with Gasteiger partial charge < -0.3 is 6.92 Å². The van der Waals surface area contributed by atoms with Gasteiger partial charge in [0.15, 0.2) is 0 Å². The third-order valence-corrected chi connectivity index (χ3v) is 1.62. The van der Waals surface area contributed by atoms with E-state index in [9.17, 15) is 0 Å². The van der Waals surface area contributed by atoms with Crippen LogP contribution in [0.15, 0.2) is 34.8 Å². The van der Waals surface area contributed by atoms with E-state index in [0.29, 0.717) is 0 Å². The van der Waals surface area contributed by atoms with Crippen LogP contribution in [-0.2, 0) is 0 Å². The van der Waals surface area contributed by atoms with Gasteiger partial charge in [0.25, 0.3) is 0 Å². The number of benzene rings is 1.